The Bertz CT molecular complexity index is 1110. The standard InChI is InChI=1S/C21H24FN7O.4ClH/c1-11-17(12-6-9-29(2)10-7-12)27-21(24)28-18(11)19-15(30)4-3-14(26-19)13-5-8-25-20(23)16(13)22;;;;/h3-5,8,12,30H,6-7,9-10H2,1-2H3,(H2,23,25)(H2,24,27,28);4*1H. The maximum Gasteiger partial charge on any atom is 0.220 e. The normalized spacial score (nSPS) is 13.6. The quantitative estimate of drug-likeness (QED) is 0.434. The summed E-state index contributed by atoms with van der Waals surface area (Å²) in [5, 5.41) is 10.5. The molecule has 5 N–H and O–H groups in total. The van der Waals surface area contributed by atoms with Crippen molar-refractivity contribution >= 4 is 61.4 Å². The van der Waals surface area contributed by atoms with Crippen LogP contribution in [0.5, 0.6) is 5.75 Å². The fraction of sp³-hybridized carbons (Fsp3) is 0.333. The van der Waals surface area contributed by atoms with Gasteiger partial charge in [0, 0.05) is 17.7 Å². The molecule has 1 aliphatic heterocycles. The Labute approximate surface area is 222 Å². The molecule has 188 valence electrons. The van der Waals surface area contributed by atoms with Gasteiger partial charge in [-0.3, -0.25) is 0 Å². The van der Waals surface area contributed by atoms with Crippen LogP contribution >= 0.6 is 49.6 Å². The van der Waals surface area contributed by atoms with E-state index in [0.717, 1.165) is 37.2 Å². The molecular formula is C21H28Cl4FN7O. The second-order valence-corrected chi connectivity index (χ2v) is 7.64. The molecule has 0 aliphatic carbocycles. The number of piperidine rings is 1. The van der Waals surface area contributed by atoms with Gasteiger partial charge in [0.1, 0.15) is 17.1 Å². The van der Waals surface area contributed by atoms with Gasteiger partial charge in [-0.2, -0.15) is 0 Å². The molecule has 0 amide bonds. The van der Waals surface area contributed by atoms with Gasteiger partial charge in [0.05, 0.1) is 11.4 Å². The molecule has 3 aromatic rings. The van der Waals surface area contributed by atoms with Crippen LogP contribution in [0.4, 0.5) is 16.2 Å². The lowest BCUT2D eigenvalue weighted by atomic mass is 9.90. The molecule has 8 nitrogen and oxygen atoms in total. The second kappa shape index (κ2) is 13.1. The maximum absolute atomic E-state index is 14.5. The number of anilines is 2. The Morgan fingerprint density at radius 2 is 1.62 bits per heavy atom. The minimum Gasteiger partial charge on any atom is -0.506 e. The topological polar surface area (TPSA) is 127 Å². The fourth-order valence-corrected chi connectivity index (χ4v) is 3.90. The molecule has 1 fully saturated rings. The van der Waals surface area contributed by atoms with E-state index in [4.69, 9.17) is 11.5 Å². The third-order valence-corrected chi connectivity index (χ3v) is 5.60. The number of aromatic hydroxyl groups is 1. The average Bonchev–Trinajstić information content (AvgIpc) is 2.73. The minimum absolute atomic E-state index is 0. The van der Waals surface area contributed by atoms with Gasteiger partial charge in [0.25, 0.3) is 0 Å². The number of nitrogens with zero attached hydrogens (tertiary/aromatic N) is 5. The van der Waals surface area contributed by atoms with Crippen molar-refractivity contribution in [3.63, 3.8) is 0 Å². The van der Waals surface area contributed by atoms with Crippen LogP contribution in [0.3, 0.4) is 0 Å². The van der Waals surface area contributed by atoms with Crippen LogP contribution < -0.4 is 11.5 Å². The Morgan fingerprint density at radius 3 is 2.26 bits per heavy atom. The van der Waals surface area contributed by atoms with Crippen molar-refractivity contribution in [1.29, 1.82) is 0 Å². The molecule has 13 heteroatoms. The molecule has 0 atom stereocenters. The van der Waals surface area contributed by atoms with Crippen LogP contribution in [0.2, 0.25) is 0 Å². The largest absolute Gasteiger partial charge is 0.506 e. The highest BCUT2D eigenvalue weighted by molar-refractivity contribution is 5.86. The van der Waals surface area contributed by atoms with E-state index in [0.29, 0.717) is 11.4 Å². The van der Waals surface area contributed by atoms with Crippen molar-refractivity contribution < 1.29 is 9.50 Å². The summed E-state index contributed by atoms with van der Waals surface area (Å²) >= 11 is 0. The van der Waals surface area contributed by atoms with E-state index < -0.39 is 5.82 Å². The second-order valence-electron chi connectivity index (χ2n) is 7.64. The number of hydrogen-bond acceptors (Lipinski definition) is 8. The molecule has 34 heavy (non-hydrogen) atoms. The third-order valence-electron chi connectivity index (χ3n) is 5.60. The smallest absolute Gasteiger partial charge is 0.220 e. The summed E-state index contributed by atoms with van der Waals surface area (Å²) in [5.74, 6) is -0.566. The number of aromatic nitrogens is 4. The predicted molar refractivity (Wildman–Crippen MR) is 142 cm³/mol. The van der Waals surface area contributed by atoms with E-state index in [1.54, 1.807) is 0 Å². The van der Waals surface area contributed by atoms with Gasteiger partial charge in [-0.25, -0.2) is 24.3 Å². The predicted octanol–water partition coefficient (Wildman–Crippen LogP) is 4.41. The molecule has 0 bridgehead atoms. The van der Waals surface area contributed by atoms with Crippen molar-refractivity contribution in [2.24, 2.45) is 0 Å². The maximum atomic E-state index is 14.5. The van der Waals surface area contributed by atoms with Gasteiger partial charge in [-0.05, 0) is 63.7 Å². The van der Waals surface area contributed by atoms with E-state index in [9.17, 15) is 9.50 Å². The molecule has 4 heterocycles. The highest BCUT2D eigenvalue weighted by atomic mass is 35.5. The summed E-state index contributed by atoms with van der Waals surface area (Å²) in [4.78, 5) is 19.4. The first-order chi connectivity index (χ1) is 14.3. The van der Waals surface area contributed by atoms with E-state index in [1.165, 1.54) is 24.4 Å². The number of nitrogen functional groups attached to an aromatic ring is 2. The molecule has 0 unspecified atom stereocenters. The Morgan fingerprint density at radius 1 is 0.971 bits per heavy atom. The molecule has 0 aromatic carbocycles. The summed E-state index contributed by atoms with van der Waals surface area (Å²) in [6.07, 6.45) is 3.34. The van der Waals surface area contributed by atoms with Crippen molar-refractivity contribution in [2.45, 2.75) is 25.7 Å². The van der Waals surface area contributed by atoms with E-state index >= 15 is 0 Å². The summed E-state index contributed by atoms with van der Waals surface area (Å²) in [5.41, 5.74) is 14.5. The van der Waals surface area contributed by atoms with Crippen LogP contribution in [0.25, 0.3) is 22.6 Å². The van der Waals surface area contributed by atoms with Crippen molar-refractivity contribution in [3.05, 3.63) is 41.5 Å². The van der Waals surface area contributed by atoms with Gasteiger partial charge in [0.2, 0.25) is 5.95 Å². The lowest BCUT2D eigenvalue weighted by molar-refractivity contribution is 0.253. The SMILES string of the molecule is Cc1c(-c2nc(-c3ccnc(N)c3F)ccc2O)nc(N)nc1C1CCN(C)CC1.Cl.Cl.Cl.Cl. The number of hydrogen-bond donors (Lipinski definition) is 3. The van der Waals surface area contributed by atoms with Crippen molar-refractivity contribution in [3.8, 4) is 28.4 Å². The summed E-state index contributed by atoms with van der Waals surface area (Å²) in [6, 6.07) is 4.47. The van der Waals surface area contributed by atoms with E-state index in [1.807, 2.05) is 6.92 Å². The van der Waals surface area contributed by atoms with Gasteiger partial charge < -0.3 is 21.5 Å². The zero-order valence-corrected chi connectivity index (χ0v) is 21.8. The highest BCUT2D eigenvalue weighted by Crippen LogP contribution is 2.36. The Hall–Kier alpha value is -2.17. The number of halogens is 5. The van der Waals surface area contributed by atoms with Crippen molar-refractivity contribution in [2.75, 3.05) is 31.6 Å². The average molecular weight is 555 g/mol. The fourth-order valence-electron chi connectivity index (χ4n) is 3.90. The van der Waals surface area contributed by atoms with Gasteiger partial charge >= 0.3 is 0 Å². The number of pyridine rings is 2. The number of likely N-dealkylation sites (tertiary alicyclic amines) is 1. The first-order valence-corrected chi connectivity index (χ1v) is 9.78. The molecular weight excluding hydrogens is 527 g/mol. The monoisotopic (exact) mass is 553 g/mol. The first-order valence-electron chi connectivity index (χ1n) is 9.78. The van der Waals surface area contributed by atoms with Gasteiger partial charge in [-0.15, -0.1) is 49.6 Å². The lowest BCUT2D eigenvalue weighted by Gasteiger charge is -2.29. The van der Waals surface area contributed by atoms with Crippen LogP contribution in [0, 0.1) is 12.7 Å². The third kappa shape index (κ3) is 6.28. The van der Waals surface area contributed by atoms with E-state index in [-0.39, 0.29) is 84.3 Å². The van der Waals surface area contributed by atoms with Crippen LogP contribution in [-0.2, 0) is 0 Å². The summed E-state index contributed by atoms with van der Waals surface area (Å²) in [7, 11) is 2.10. The molecule has 3 aromatic heterocycles. The molecule has 4 rings (SSSR count). The molecule has 0 saturated carbocycles. The summed E-state index contributed by atoms with van der Waals surface area (Å²) in [6.45, 7) is 3.86. The number of rotatable bonds is 3. The summed E-state index contributed by atoms with van der Waals surface area (Å²) < 4.78 is 14.5. The van der Waals surface area contributed by atoms with Crippen molar-refractivity contribution in [1.82, 2.24) is 24.8 Å². The lowest BCUT2D eigenvalue weighted by Crippen LogP contribution is -2.30. The Kier molecular flexibility index (Phi) is 12.2. The molecule has 1 aliphatic rings. The molecule has 0 spiro atoms. The van der Waals surface area contributed by atoms with Gasteiger partial charge in [0.15, 0.2) is 11.6 Å². The number of nitrogens with two attached hydrogens (primary N) is 2. The molecule has 0 radical (unpaired) electrons. The van der Waals surface area contributed by atoms with Crippen LogP contribution in [0.1, 0.15) is 30.0 Å². The molecule has 1 saturated heterocycles. The van der Waals surface area contributed by atoms with Crippen LogP contribution in [-0.4, -0.2) is 50.1 Å². The Balaban J connectivity index is 0.00000272. The first kappa shape index (κ1) is 31.8. The zero-order chi connectivity index (χ0) is 21.4. The minimum atomic E-state index is -0.660. The highest BCUT2D eigenvalue weighted by Gasteiger charge is 2.25. The van der Waals surface area contributed by atoms with E-state index in [2.05, 4.69) is 31.9 Å². The zero-order valence-electron chi connectivity index (χ0n) is 18.6. The van der Waals surface area contributed by atoms with Crippen LogP contribution in [0.15, 0.2) is 24.4 Å². The van der Waals surface area contributed by atoms with Gasteiger partial charge in [-0.1, -0.05) is 0 Å².